The number of aryl methyl sites for hydroxylation is 1. The van der Waals surface area contributed by atoms with E-state index in [2.05, 4.69) is 20.0 Å². The minimum Gasteiger partial charge on any atom is -0.444 e. The first-order valence-electron chi connectivity index (χ1n) is 5.94. The Morgan fingerprint density at radius 1 is 1.39 bits per heavy atom. The van der Waals surface area contributed by atoms with Crippen LogP contribution < -0.4 is 10.6 Å². The number of alkyl carbamates (subject to hydrolysis) is 1. The molecule has 1 aromatic heterocycles. The molecule has 102 valence electrons. The highest BCUT2D eigenvalue weighted by atomic mass is 32.1. The molecule has 0 radical (unpaired) electrons. The summed E-state index contributed by atoms with van der Waals surface area (Å²) in [6, 6.07) is 0. The number of rotatable bonds is 5. The molecule has 0 aliphatic rings. The molecule has 0 aliphatic heterocycles. The molecule has 1 amide bonds. The third-order valence-corrected chi connectivity index (χ3v) is 2.56. The van der Waals surface area contributed by atoms with Gasteiger partial charge in [-0.05, 0) is 20.8 Å². The lowest BCUT2D eigenvalue weighted by molar-refractivity contribution is 0.0530. The maximum Gasteiger partial charge on any atom is 0.407 e. The van der Waals surface area contributed by atoms with Crippen molar-refractivity contribution in [2.24, 2.45) is 0 Å². The highest BCUT2D eigenvalue weighted by molar-refractivity contribution is 7.09. The molecule has 0 aromatic carbocycles. The van der Waals surface area contributed by atoms with Gasteiger partial charge in [0.2, 0.25) is 5.13 Å². The standard InChI is InChI=1S/C11H20N4O2S/c1-5-8-14-9(18-15-8)12-6-7-13-10(16)17-11(2,3)4/h5-7H2,1-4H3,(H,13,16)(H,12,14,15). The number of hydrogen-bond acceptors (Lipinski definition) is 6. The molecule has 2 N–H and O–H groups in total. The maximum atomic E-state index is 11.3. The first kappa shape index (κ1) is 14.7. The minimum absolute atomic E-state index is 0.407. The molecule has 1 aromatic rings. The number of ether oxygens (including phenoxy) is 1. The van der Waals surface area contributed by atoms with Crippen molar-refractivity contribution in [2.75, 3.05) is 18.4 Å². The predicted octanol–water partition coefficient (Wildman–Crippen LogP) is 2.04. The van der Waals surface area contributed by atoms with Crippen LogP contribution in [0.2, 0.25) is 0 Å². The zero-order valence-corrected chi connectivity index (χ0v) is 12.1. The van der Waals surface area contributed by atoms with Gasteiger partial charge in [0.05, 0.1) is 0 Å². The molecule has 6 nitrogen and oxygen atoms in total. The van der Waals surface area contributed by atoms with Crippen molar-refractivity contribution in [3.8, 4) is 0 Å². The fraction of sp³-hybridized carbons (Fsp3) is 0.727. The lowest BCUT2D eigenvalue weighted by Crippen LogP contribution is -2.34. The van der Waals surface area contributed by atoms with Crippen LogP contribution in [0.5, 0.6) is 0 Å². The van der Waals surface area contributed by atoms with Gasteiger partial charge in [-0.25, -0.2) is 9.78 Å². The van der Waals surface area contributed by atoms with Gasteiger partial charge >= 0.3 is 6.09 Å². The number of nitrogens with one attached hydrogen (secondary N) is 2. The average Bonchev–Trinajstić information content (AvgIpc) is 2.70. The third kappa shape index (κ3) is 5.81. The fourth-order valence-electron chi connectivity index (χ4n) is 1.12. The van der Waals surface area contributed by atoms with Crippen molar-refractivity contribution in [1.82, 2.24) is 14.7 Å². The van der Waals surface area contributed by atoms with Gasteiger partial charge in [-0.2, -0.15) is 4.37 Å². The van der Waals surface area contributed by atoms with Crippen molar-refractivity contribution >= 4 is 22.8 Å². The summed E-state index contributed by atoms with van der Waals surface area (Å²) >= 11 is 1.33. The predicted molar refractivity (Wildman–Crippen MR) is 72.0 cm³/mol. The van der Waals surface area contributed by atoms with Crippen molar-refractivity contribution in [3.05, 3.63) is 5.82 Å². The quantitative estimate of drug-likeness (QED) is 0.802. The zero-order valence-electron chi connectivity index (χ0n) is 11.2. The van der Waals surface area contributed by atoms with Gasteiger partial charge in [-0.3, -0.25) is 0 Å². The van der Waals surface area contributed by atoms with Crippen molar-refractivity contribution in [3.63, 3.8) is 0 Å². The van der Waals surface area contributed by atoms with E-state index in [-0.39, 0.29) is 0 Å². The van der Waals surface area contributed by atoms with Crippen LogP contribution in [0.25, 0.3) is 0 Å². The average molecular weight is 272 g/mol. The molecule has 0 unspecified atom stereocenters. The summed E-state index contributed by atoms with van der Waals surface area (Å²) in [6.07, 6.45) is 0.421. The molecular formula is C11H20N4O2S. The maximum absolute atomic E-state index is 11.3. The highest BCUT2D eigenvalue weighted by Crippen LogP contribution is 2.10. The van der Waals surface area contributed by atoms with Crippen LogP contribution in [-0.2, 0) is 11.2 Å². The Bertz CT molecular complexity index is 387. The van der Waals surface area contributed by atoms with E-state index in [9.17, 15) is 4.79 Å². The van der Waals surface area contributed by atoms with Crippen LogP contribution in [0.15, 0.2) is 0 Å². The van der Waals surface area contributed by atoms with E-state index in [1.165, 1.54) is 11.5 Å². The number of carbonyl (C=O) groups is 1. The van der Waals surface area contributed by atoms with Crippen molar-refractivity contribution in [2.45, 2.75) is 39.7 Å². The largest absolute Gasteiger partial charge is 0.444 e. The summed E-state index contributed by atoms with van der Waals surface area (Å²) in [7, 11) is 0. The lowest BCUT2D eigenvalue weighted by atomic mass is 10.2. The molecule has 0 saturated heterocycles. The van der Waals surface area contributed by atoms with Crippen LogP contribution in [-0.4, -0.2) is 34.1 Å². The van der Waals surface area contributed by atoms with E-state index in [1.807, 2.05) is 27.7 Å². The van der Waals surface area contributed by atoms with Crippen LogP contribution >= 0.6 is 11.5 Å². The summed E-state index contributed by atoms with van der Waals surface area (Å²) in [5.41, 5.74) is -0.466. The number of carbonyl (C=O) groups excluding carboxylic acids is 1. The van der Waals surface area contributed by atoms with E-state index in [0.29, 0.717) is 13.1 Å². The van der Waals surface area contributed by atoms with Crippen LogP contribution in [0.1, 0.15) is 33.5 Å². The smallest absolute Gasteiger partial charge is 0.407 e. The number of amides is 1. The molecule has 0 fully saturated rings. The topological polar surface area (TPSA) is 76.1 Å². The van der Waals surface area contributed by atoms with Gasteiger partial charge in [0, 0.05) is 31.0 Å². The van der Waals surface area contributed by atoms with Gasteiger partial charge < -0.3 is 15.4 Å². The first-order valence-corrected chi connectivity index (χ1v) is 6.71. The number of hydrogen-bond donors (Lipinski definition) is 2. The molecule has 18 heavy (non-hydrogen) atoms. The summed E-state index contributed by atoms with van der Waals surface area (Å²) in [5.74, 6) is 0.836. The molecule has 0 saturated carbocycles. The van der Waals surface area contributed by atoms with E-state index < -0.39 is 11.7 Å². The Kier molecular flexibility index (Phi) is 5.33. The fourth-order valence-corrected chi connectivity index (χ4v) is 1.79. The van der Waals surface area contributed by atoms with Crippen molar-refractivity contribution < 1.29 is 9.53 Å². The zero-order chi connectivity index (χ0) is 13.6. The van der Waals surface area contributed by atoms with Gasteiger partial charge in [0.25, 0.3) is 0 Å². The molecular weight excluding hydrogens is 252 g/mol. The highest BCUT2D eigenvalue weighted by Gasteiger charge is 2.15. The first-order chi connectivity index (χ1) is 8.40. The van der Waals surface area contributed by atoms with E-state index in [1.54, 1.807) is 0 Å². The summed E-state index contributed by atoms with van der Waals surface area (Å²) in [4.78, 5) is 15.6. The van der Waals surface area contributed by atoms with Gasteiger partial charge in [0.15, 0.2) is 0 Å². The number of aromatic nitrogens is 2. The Balaban J connectivity index is 2.17. The van der Waals surface area contributed by atoms with Crippen molar-refractivity contribution in [1.29, 1.82) is 0 Å². The molecule has 0 bridgehead atoms. The summed E-state index contributed by atoms with van der Waals surface area (Å²) in [5, 5.41) is 6.53. The second kappa shape index (κ2) is 6.53. The number of anilines is 1. The Labute approximate surface area is 111 Å². The molecule has 0 atom stereocenters. The van der Waals surface area contributed by atoms with Gasteiger partial charge in [0.1, 0.15) is 11.4 Å². The molecule has 7 heteroatoms. The van der Waals surface area contributed by atoms with Crippen LogP contribution in [0.4, 0.5) is 9.93 Å². The minimum atomic E-state index is -0.466. The van der Waals surface area contributed by atoms with Gasteiger partial charge in [-0.15, -0.1) is 0 Å². The Morgan fingerprint density at radius 3 is 2.67 bits per heavy atom. The van der Waals surface area contributed by atoms with E-state index in [0.717, 1.165) is 17.4 Å². The lowest BCUT2D eigenvalue weighted by Gasteiger charge is -2.19. The second-order valence-corrected chi connectivity index (χ2v) is 5.48. The second-order valence-electron chi connectivity index (χ2n) is 4.72. The summed E-state index contributed by atoms with van der Waals surface area (Å²) < 4.78 is 9.26. The SMILES string of the molecule is CCc1nsc(NCCNC(=O)OC(C)(C)C)n1. The van der Waals surface area contributed by atoms with E-state index in [4.69, 9.17) is 4.74 Å². The van der Waals surface area contributed by atoms with E-state index >= 15 is 0 Å². The Hall–Kier alpha value is -1.37. The molecule has 0 aliphatic carbocycles. The number of nitrogens with zero attached hydrogens (tertiary/aromatic N) is 2. The molecule has 0 spiro atoms. The Morgan fingerprint density at radius 2 is 2.11 bits per heavy atom. The summed E-state index contributed by atoms with van der Waals surface area (Å²) in [6.45, 7) is 8.58. The van der Waals surface area contributed by atoms with Crippen LogP contribution in [0.3, 0.4) is 0 Å². The van der Waals surface area contributed by atoms with Gasteiger partial charge in [-0.1, -0.05) is 6.92 Å². The third-order valence-electron chi connectivity index (χ3n) is 1.85. The normalized spacial score (nSPS) is 11.1. The molecule has 1 heterocycles. The van der Waals surface area contributed by atoms with Crippen LogP contribution in [0, 0.1) is 0 Å². The monoisotopic (exact) mass is 272 g/mol. The molecule has 1 rings (SSSR count).